The van der Waals surface area contributed by atoms with E-state index in [1.54, 1.807) is 0 Å². The molecule has 1 aliphatic carbocycles. The molecule has 0 spiro atoms. The molecule has 2 aromatic rings. The summed E-state index contributed by atoms with van der Waals surface area (Å²) in [6.07, 6.45) is 4.01. The highest BCUT2D eigenvalue weighted by molar-refractivity contribution is 5.78. The number of aromatic amines is 2. The van der Waals surface area contributed by atoms with Gasteiger partial charge in [0.2, 0.25) is 0 Å². The Balaban J connectivity index is 1.77. The van der Waals surface area contributed by atoms with Crippen molar-refractivity contribution < 1.29 is 0 Å². The minimum absolute atomic E-state index is 0.150. The van der Waals surface area contributed by atoms with Crippen molar-refractivity contribution in [1.82, 2.24) is 9.97 Å². The maximum Gasteiger partial charge on any atom is 0.323 e. The minimum Gasteiger partial charge on any atom is -0.383 e. The van der Waals surface area contributed by atoms with Crippen molar-refractivity contribution in [1.29, 1.82) is 0 Å². The van der Waals surface area contributed by atoms with E-state index in [0.717, 1.165) is 22.6 Å². The van der Waals surface area contributed by atoms with Crippen LogP contribution in [0.4, 0.5) is 5.69 Å². The molecule has 0 radical (unpaired) electrons. The summed E-state index contributed by atoms with van der Waals surface area (Å²) in [7, 11) is 0. The number of nitrogens with one attached hydrogen (secondary N) is 3. The number of anilines is 1. The Hall–Kier alpha value is -1.71. The Morgan fingerprint density at radius 3 is 2.88 bits per heavy atom. The summed E-state index contributed by atoms with van der Waals surface area (Å²) in [6.45, 7) is 2.21. The van der Waals surface area contributed by atoms with E-state index in [0.29, 0.717) is 6.04 Å². The first kappa shape index (κ1) is 10.4. The Morgan fingerprint density at radius 1 is 1.35 bits per heavy atom. The molecular formula is C13H17N3O. The van der Waals surface area contributed by atoms with E-state index >= 15 is 0 Å². The summed E-state index contributed by atoms with van der Waals surface area (Å²) in [5, 5.41) is 3.48. The SMILES string of the molecule is CC(CC1CC1)Nc1ccc2[nH]c(=O)[nH]c2c1. The van der Waals surface area contributed by atoms with Crippen molar-refractivity contribution in [2.24, 2.45) is 5.92 Å². The Morgan fingerprint density at radius 2 is 2.12 bits per heavy atom. The summed E-state index contributed by atoms with van der Waals surface area (Å²) in [5.74, 6) is 0.924. The molecule has 1 fully saturated rings. The summed E-state index contributed by atoms with van der Waals surface area (Å²) in [4.78, 5) is 16.7. The summed E-state index contributed by atoms with van der Waals surface area (Å²) < 4.78 is 0. The Bertz CT molecular complexity index is 580. The molecule has 17 heavy (non-hydrogen) atoms. The number of imidazole rings is 1. The lowest BCUT2D eigenvalue weighted by atomic mass is 10.1. The first-order valence-electron chi connectivity index (χ1n) is 6.19. The molecule has 1 aromatic carbocycles. The molecule has 1 unspecified atom stereocenters. The molecule has 90 valence electrons. The van der Waals surface area contributed by atoms with E-state index in [1.165, 1.54) is 19.3 Å². The molecular weight excluding hydrogens is 214 g/mol. The van der Waals surface area contributed by atoms with Gasteiger partial charge < -0.3 is 15.3 Å². The van der Waals surface area contributed by atoms with Crippen LogP contribution in [0.1, 0.15) is 26.2 Å². The predicted molar refractivity (Wildman–Crippen MR) is 69.3 cm³/mol. The van der Waals surface area contributed by atoms with Crippen LogP contribution in [0.25, 0.3) is 11.0 Å². The predicted octanol–water partition coefficient (Wildman–Crippen LogP) is 2.46. The van der Waals surface area contributed by atoms with Crippen LogP contribution in [0.15, 0.2) is 23.0 Å². The number of benzene rings is 1. The van der Waals surface area contributed by atoms with E-state index < -0.39 is 0 Å². The molecule has 1 aromatic heterocycles. The van der Waals surface area contributed by atoms with Crippen molar-refractivity contribution in [2.45, 2.75) is 32.2 Å². The van der Waals surface area contributed by atoms with Crippen molar-refractivity contribution in [3.63, 3.8) is 0 Å². The number of fused-ring (bicyclic) bond motifs is 1. The van der Waals surface area contributed by atoms with Gasteiger partial charge >= 0.3 is 5.69 Å². The Labute approximate surface area is 99.4 Å². The average molecular weight is 231 g/mol. The van der Waals surface area contributed by atoms with Crippen LogP contribution in [0.3, 0.4) is 0 Å². The van der Waals surface area contributed by atoms with Gasteiger partial charge in [-0.15, -0.1) is 0 Å². The zero-order valence-corrected chi connectivity index (χ0v) is 9.92. The fourth-order valence-corrected chi connectivity index (χ4v) is 2.32. The highest BCUT2D eigenvalue weighted by Crippen LogP contribution is 2.34. The van der Waals surface area contributed by atoms with Crippen LogP contribution in [0.5, 0.6) is 0 Å². The van der Waals surface area contributed by atoms with Crippen LogP contribution in [0.2, 0.25) is 0 Å². The van der Waals surface area contributed by atoms with Gasteiger partial charge in [0.25, 0.3) is 0 Å². The molecule has 3 N–H and O–H groups in total. The van der Waals surface area contributed by atoms with Gasteiger partial charge in [0.15, 0.2) is 0 Å². The lowest BCUT2D eigenvalue weighted by molar-refractivity contribution is 0.642. The van der Waals surface area contributed by atoms with Crippen LogP contribution in [0, 0.1) is 5.92 Å². The third-order valence-electron chi connectivity index (χ3n) is 3.31. The number of hydrogen-bond acceptors (Lipinski definition) is 2. The number of H-pyrrole nitrogens is 2. The van der Waals surface area contributed by atoms with Gasteiger partial charge in [-0.2, -0.15) is 0 Å². The maximum absolute atomic E-state index is 11.1. The van der Waals surface area contributed by atoms with E-state index in [1.807, 2.05) is 18.2 Å². The standard InChI is InChI=1S/C13H17N3O/c1-8(6-9-2-3-9)14-10-4-5-11-12(7-10)16-13(17)15-11/h4-5,7-9,14H,2-3,6H2,1H3,(H2,15,16,17). The summed E-state index contributed by atoms with van der Waals surface area (Å²) in [6, 6.07) is 6.41. The molecule has 1 atom stereocenters. The second-order valence-electron chi connectivity index (χ2n) is 5.06. The quantitative estimate of drug-likeness (QED) is 0.757. The van der Waals surface area contributed by atoms with Crippen molar-refractivity contribution in [3.05, 3.63) is 28.7 Å². The van der Waals surface area contributed by atoms with Gasteiger partial charge in [0.1, 0.15) is 0 Å². The van der Waals surface area contributed by atoms with Gasteiger partial charge in [0.05, 0.1) is 11.0 Å². The van der Waals surface area contributed by atoms with E-state index in [4.69, 9.17) is 0 Å². The molecule has 1 aliphatic rings. The number of aromatic nitrogens is 2. The first-order chi connectivity index (χ1) is 8.20. The zero-order valence-electron chi connectivity index (χ0n) is 9.92. The van der Waals surface area contributed by atoms with Gasteiger partial charge in [-0.05, 0) is 37.5 Å². The van der Waals surface area contributed by atoms with E-state index in [-0.39, 0.29) is 5.69 Å². The van der Waals surface area contributed by atoms with Crippen molar-refractivity contribution in [2.75, 3.05) is 5.32 Å². The molecule has 4 nitrogen and oxygen atoms in total. The van der Waals surface area contributed by atoms with Crippen LogP contribution in [-0.2, 0) is 0 Å². The van der Waals surface area contributed by atoms with Crippen LogP contribution >= 0.6 is 0 Å². The summed E-state index contributed by atoms with van der Waals surface area (Å²) in [5.41, 5.74) is 2.64. The number of rotatable bonds is 4. The average Bonchev–Trinajstić information content (AvgIpc) is 2.98. The molecule has 3 rings (SSSR count). The molecule has 0 amide bonds. The monoisotopic (exact) mass is 231 g/mol. The third kappa shape index (κ3) is 2.35. The first-order valence-corrected chi connectivity index (χ1v) is 6.19. The lowest BCUT2D eigenvalue weighted by Gasteiger charge is -2.14. The molecule has 0 saturated heterocycles. The molecule has 1 heterocycles. The van der Waals surface area contributed by atoms with Gasteiger partial charge in [-0.1, -0.05) is 12.8 Å². The van der Waals surface area contributed by atoms with Gasteiger partial charge in [0, 0.05) is 11.7 Å². The van der Waals surface area contributed by atoms with Crippen LogP contribution in [-0.4, -0.2) is 16.0 Å². The highest BCUT2D eigenvalue weighted by Gasteiger charge is 2.23. The highest BCUT2D eigenvalue weighted by atomic mass is 16.1. The zero-order chi connectivity index (χ0) is 11.8. The van der Waals surface area contributed by atoms with E-state index in [2.05, 4.69) is 22.2 Å². The smallest absolute Gasteiger partial charge is 0.323 e. The molecule has 0 aliphatic heterocycles. The minimum atomic E-state index is -0.150. The van der Waals surface area contributed by atoms with Crippen LogP contribution < -0.4 is 11.0 Å². The normalized spacial score (nSPS) is 17.2. The summed E-state index contributed by atoms with van der Waals surface area (Å²) >= 11 is 0. The maximum atomic E-state index is 11.1. The Kier molecular flexibility index (Phi) is 2.42. The van der Waals surface area contributed by atoms with E-state index in [9.17, 15) is 4.79 Å². The lowest BCUT2D eigenvalue weighted by Crippen LogP contribution is -2.15. The fraction of sp³-hybridized carbons (Fsp3) is 0.462. The molecule has 4 heteroatoms. The molecule has 1 saturated carbocycles. The van der Waals surface area contributed by atoms with Gasteiger partial charge in [-0.3, -0.25) is 0 Å². The van der Waals surface area contributed by atoms with Crippen molar-refractivity contribution in [3.8, 4) is 0 Å². The van der Waals surface area contributed by atoms with Gasteiger partial charge in [-0.25, -0.2) is 4.79 Å². The topological polar surface area (TPSA) is 60.7 Å². The second kappa shape index (κ2) is 3.95. The second-order valence-corrected chi connectivity index (χ2v) is 5.06. The molecule has 0 bridgehead atoms. The number of hydrogen-bond donors (Lipinski definition) is 3. The van der Waals surface area contributed by atoms with Crippen molar-refractivity contribution >= 4 is 16.7 Å². The fourth-order valence-electron chi connectivity index (χ4n) is 2.32. The third-order valence-corrected chi connectivity index (χ3v) is 3.31. The largest absolute Gasteiger partial charge is 0.383 e.